The summed E-state index contributed by atoms with van der Waals surface area (Å²) in [6.07, 6.45) is 1.58. The molecule has 0 saturated heterocycles. The van der Waals surface area contributed by atoms with E-state index in [9.17, 15) is 0 Å². The summed E-state index contributed by atoms with van der Waals surface area (Å²) in [6.45, 7) is 4.91. The minimum atomic E-state index is 0.776. The van der Waals surface area contributed by atoms with Gasteiger partial charge in [-0.05, 0) is 26.0 Å². The van der Waals surface area contributed by atoms with E-state index in [1.807, 2.05) is 26.0 Å². The molecule has 0 bridgehead atoms. The van der Waals surface area contributed by atoms with E-state index in [-0.39, 0.29) is 0 Å². The molecule has 2 aromatic rings. The summed E-state index contributed by atoms with van der Waals surface area (Å²) in [5.74, 6) is 0.886. The van der Waals surface area contributed by atoms with E-state index in [0.29, 0.717) is 0 Å². The van der Waals surface area contributed by atoms with Crippen molar-refractivity contribution in [3.05, 3.63) is 28.4 Å². The van der Waals surface area contributed by atoms with E-state index in [1.54, 1.807) is 6.33 Å². The number of nitrogens with zero attached hydrogens (tertiary/aromatic N) is 2. The van der Waals surface area contributed by atoms with Crippen LogP contribution in [0.15, 0.2) is 18.5 Å². The van der Waals surface area contributed by atoms with Crippen molar-refractivity contribution >= 4 is 28.8 Å². The van der Waals surface area contributed by atoms with Crippen LogP contribution in [0, 0.1) is 6.92 Å². The summed E-state index contributed by atoms with van der Waals surface area (Å²) < 4.78 is 0.776. The van der Waals surface area contributed by atoms with Gasteiger partial charge in [0.1, 0.15) is 12.1 Å². The van der Waals surface area contributed by atoms with E-state index in [2.05, 4.69) is 15.3 Å². The molecule has 2 aromatic heterocycles. The fraction of sp³-hybridized carbons (Fsp3) is 0.273. The first-order chi connectivity index (χ1) is 7.72. The maximum atomic E-state index is 5.92. The lowest BCUT2D eigenvalue weighted by Gasteiger charge is -2.08. The molecule has 1 N–H and O–H groups in total. The first-order valence-corrected chi connectivity index (χ1v) is 6.23. The number of rotatable bonds is 3. The molecule has 3 nitrogen and oxygen atoms in total. The Hall–Kier alpha value is -1.13. The Morgan fingerprint density at radius 2 is 2.19 bits per heavy atom. The highest BCUT2D eigenvalue weighted by molar-refractivity contribution is 7.19. The van der Waals surface area contributed by atoms with Gasteiger partial charge >= 0.3 is 0 Å². The summed E-state index contributed by atoms with van der Waals surface area (Å²) in [5, 5.41) is 3.21. The largest absolute Gasteiger partial charge is 0.370 e. The van der Waals surface area contributed by atoms with Gasteiger partial charge in [-0.15, -0.1) is 11.3 Å². The zero-order chi connectivity index (χ0) is 11.5. The second kappa shape index (κ2) is 4.80. The zero-order valence-corrected chi connectivity index (χ0v) is 10.7. The second-order valence-electron chi connectivity index (χ2n) is 3.33. The summed E-state index contributed by atoms with van der Waals surface area (Å²) in [4.78, 5) is 9.59. The maximum Gasteiger partial charge on any atom is 0.132 e. The SMILES string of the molecule is CCNc1ncnc(-c2ccc(Cl)s2)c1C. The fourth-order valence-electron chi connectivity index (χ4n) is 1.49. The monoisotopic (exact) mass is 253 g/mol. The van der Waals surface area contributed by atoms with Crippen molar-refractivity contribution in [3.8, 4) is 10.6 Å². The van der Waals surface area contributed by atoms with Crippen molar-refractivity contribution < 1.29 is 0 Å². The molecule has 0 fully saturated rings. The van der Waals surface area contributed by atoms with Gasteiger partial charge in [-0.1, -0.05) is 11.6 Å². The lowest BCUT2D eigenvalue weighted by Crippen LogP contribution is -2.03. The molecule has 2 rings (SSSR count). The lowest BCUT2D eigenvalue weighted by atomic mass is 10.2. The van der Waals surface area contributed by atoms with Gasteiger partial charge in [0.25, 0.3) is 0 Å². The number of halogens is 1. The minimum absolute atomic E-state index is 0.776. The first-order valence-electron chi connectivity index (χ1n) is 5.03. The van der Waals surface area contributed by atoms with Crippen LogP contribution in [0.2, 0.25) is 4.34 Å². The molecular weight excluding hydrogens is 242 g/mol. The fourth-order valence-corrected chi connectivity index (χ4v) is 2.58. The molecule has 0 aliphatic carbocycles. The number of nitrogens with one attached hydrogen (secondary N) is 1. The quantitative estimate of drug-likeness (QED) is 0.908. The van der Waals surface area contributed by atoms with Gasteiger partial charge in [-0.2, -0.15) is 0 Å². The third-order valence-corrected chi connectivity index (χ3v) is 3.47. The lowest BCUT2D eigenvalue weighted by molar-refractivity contribution is 1.09. The Balaban J connectivity index is 2.45. The van der Waals surface area contributed by atoms with Crippen LogP contribution in [0.4, 0.5) is 5.82 Å². The van der Waals surface area contributed by atoms with Crippen molar-refractivity contribution in [1.29, 1.82) is 0 Å². The van der Waals surface area contributed by atoms with Gasteiger partial charge in [0.05, 0.1) is 14.9 Å². The predicted molar refractivity (Wildman–Crippen MR) is 69.3 cm³/mol. The van der Waals surface area contributed by atoms with E-state index in [4.69, 9.17) is 11.6 Å². The van der Waals surface area contributed by atoms with Crippen molar-refractivity contribution in [3.63, 3.8) is 0 Å². The van der Waals surface area contributed by atoms with Gasteiger partial charge in [0.15, 0.2) is 0 Å². The standard InChI is InChI=1S/C11H12ClN3S/c1-3-13-11-7(2)10(14-6-15-11)8-4-5-9(12)16-8/h4-6H,3H2,1-2H3,(H,13,14,15). The minimum Gasteiger partial charge on any atom is -0.370 e. The van der Waals surface area contributed by atoms with Crippen LogP contribution in [0.1, 0.15) is 12.5 Å². The van der Waals surface area contributed by atoms with Crippen LogP contribution in [0.3, 0.4) is 0 Å². The molecule has 16 heavy (non-hydrogen) atoms. The Labute approximate surface area is 104 Å². The molecule has 2 heterocycles. The molecular formula is C11H12ClN3S. The summed E-state index contributed by atoms with van der Waals surface area (Å²) in [5.41, 5.74) is 2.01. The van der Waals surface area contributed by atoms with Crippen LogP contribution < -0.4 is 5.32 Å². The summed E-state index contributed by atoms with van der Waals surface area (Å²) >= 11 is 7.45. The van der Waals surface area contributed by atoms with Crippen molar-refractivity contribution in [2.24, 2.45) is 0 Å². The molecule has 0 aliphatic heterocycles. The highest BCUT2D eigenvalue weighted by atomic mass is 35.5. The second-order valence-corrected chi connectivity index (χ2v) is 5.05. The van der Waals surface area contributed by atoms with E-state index >= 15 is 0 Å². The third-order valence-electron chi connectivity index (χ3n) is 2.23. The number of hydrogen-bond acceptors (Lipinski definition) is 4. The molecule has 0 aromatic carbocycles. The van der Waals surface area contributed by atoms with Crippen molar-refractivity contribution in [1.82, 2.24) is 9.97 Å². The van der Waals surface area contributed by atoms with E-state index in [0.717, 1.165) is 32.8 Å². The zero-order valence-electron chi connectivity index (χ0n) is 9.12. The number of anilines is 1. The predicted octanol–water partition coefficient (Wildman–Crippen LogP) is 3.60. The Kier molecular flexibility index (Phi) is 3.41. The molecule has 0 aliphatic rings. The smallest absolute Gasteiger partial charge is 0.132 e. The average molecular weight is 254 g/mol. The van der Waals surface area contributed by atoms with Crippen molar-refractivity contribution in [2.75, 3.05) is 11.9 Å². The van der Waals surface area contributed by atoms with Gasteiger partial charge in [0, 0.05) is 12.1 Å². The van der Waals surface area contributed by atoms with Gasteiger partial charge in [-0.3, -0.25) is 0 Å². The summed E-state index contributed by atoms with van der Waals surface area (Å²) in [6, 6.07) is 3.87. The Morgan fingerprint density at radius 3 is 2.81 bits per heavy atom. The maximum absolute atomic E-state index is 5.92. The van der Waals surface area contributed by atoms with Crippen LogP contribution in [0.25, 0.3) is 10.6 Å². The van der Waals surface area contributed by atoms with E-state index in [1.165, 1.54) is 11.3 Å². The molecule has 0 atom stereocenters. The highest BCUT2D eigenvalue weighted by Crippen LogP contribution is 2.32. The summed E-state index contributed by atoms with van der Waals surface area (Å²) in [7, 11) is 0. The number of aromatic nitrogens is 2. The van der Waals surface area contributed by atoms with Crippen LogP contribution >= 0.6 is 22.9 Å². The molecule has 5 heteroatoms. The average Bonchev–Trinajstić information content (AvgIpc) is 2.68. The van der Waals surface area contributed by atoms with Crippen LogP contribution in [0.5, 0.6) is 0 Å². The first kappa shape index (κ1) is 11.4. The normalized spacial score (nSPS) is 10.4. The highest BCUT2D eigenvalue weighted by Gasteiger charge is 2.10. The molecule has 84 valence electrons. The molecule has 0 saturated carbocycles. The molecule has 0 radical (unpaired) electrons. The van der Waals surface area contributed by atoms with Gasteiger partial charge in [0.2, 0.25) is 0 Å². The Morgan fingerprint density at radius 1 is 1.38 bits per heavy atom. The van der Waals surface area contributed by atoms with Crippen molar-refractivity contribution in [2.45, 2.75) is 13.8 Å². The third kappa shape index (κ3) is 2.18. The van der Waals surface area contributed by atoms with E-state index < -0.39 is 0 Å². The Bertz CT molecular complexity index is 496. The van der Waals surface area contributed by atoms with Crippen LogP contribution in [-0.2, 0) is 0 Å². The van der Waals surface area contributed by atoms with Gasteiger partial charge in [-0.25, -0.2) is 9.97 Å². The van der Waals surface area contributed by atoms with Gasteiger partial charge < -0.3 is 5.32 Å². The number of thiophene rings is 1. The van der Waals surface area contributed by atoms with Crippen LogP contribution in [-0.4, -0.2) is 16.5 Å². The number of hydrogen-bond donors (Lipinski definition) is 1. The molecule has 0 spiro atoms. The molecule has 0 amide bonds. The topological polar surface area (TPSA) is 37.8 Å². The molecule has 0 unspecified atom stereocenters.